The molecule has 0 saturated heterocycles. The molecule has 8 saturated carbocycles. The first kappa shape index (κ1) is 91.0. The zero-order valence-corrected chi connectivity index (χ0v) is 75.2. The van der Waals surface area contributed by atoms with E-state index in [-0.39, 0.29) is 36.1 Å². The molecule has 3 aromatic carbocycles. The number of esters is 4. The molecule has 0 N–H and O–H groups in total. The van der Waals surface area contributed by atoms with Crippen molar-refractivity contribution in [1.29, 1.82) is 0 Å². The fraction of sp³-hybridized carbons (Fsp3) is 0.750. The third kappa shape index (κ3) is 23.1. The molecule has 3 aromatic rings. The van der Waals surface area contributed by atoms with Crippen molar-refractivity contribution in [3.8, 4) is 34.5 Å². The third-order valence-corrected chi connectivity index (χ3v) is 32.6. The fourth-order valence-electron chi connectivity index (χ4n) is 26.1. The topological polar surface area (TPSA) is 142 Å². The van der Waals surface area contributed by atoms with Crippen molar-refractivity contribution in [3.05, 3.63) is 70.8 Å². The number of benzene rings is 3. The molecule has 8 aliphatic carbocycles. The Kier molecular flexibility index (Phi) is 33.8. The number of hydrogen-bond donors (Lipinski definition) is 0. The molecule has 0 aromatic heterocycles. The molecule has 18 atom stereocenters. The van der Waals surface area contributed by atoms with E-state index in [0.717, 1.165) is 222 Å². The Balaban J connectivity index is 0.512. The summed E-state index contributed by atoms with van der Waals surface area (Å²) in [6.07, 6.45) is 57.8. The van der Waals surface area contributed by atoms with E-state index < -0.39 is 0 Å². The van der Waals surface area contributed by atoms with Crippen molar-refractivity contribution < 1.29 is 57.1 Å². The second-order valence-electron chi connectivity index (χ2n) is 40.6. The highest BCUT2D eigenvalue weighted by molar-refractivity contribution is 5.81. The summed E-state index contributed by atoms with van der Waals surface area (Å²) in [5, 5.41) is 0. The van der Waals surface area contributed by atoms with Crippen LogP contribution in [0.25, 0.3) is 24.3 Å². The van der Waals surface area contributed by atoms with Crippen molar-refractivity contribution in [2.45, 2.75) is 364 Å². The van der Waals surface area contributed by atoms with E-state index in [1.165, 1.54) is 128 Å². The predicted octanol–water partition coefficient (Wildman–Crippen LogP) is 27.7. The van der Waals surface area contributed by atoms with Crippen LogP contribution in [0.1, 0.15) is 374 Å². The lowest BCUT2D eigenvalue weighted by atomic mass is 9.44. The molecule has 0 amide bonds. The minimum absolute atomic E-state index is 0.00804. The number of ether oxygens (including phenoxy) is 8. The highest BCUT2D eigenvalue weighted by Gasteiger charge is 2.63. The van der Waals surface area contributed by atoms with Gasteiger partial charge in [0.1, 0.15) is 46.7 Å². The molecular weight excluding hydrogens is 1440 g/mol. The molecule has 0 aliphatic heterocycles. The lowest BCUT2D eigenvalue weighted by Crippen LogP contribution is -2.54. The maximum Gasteiger partial charge on any atom is 0.311 e. The van der Waals surface area contributed by atoms with Gasteiger partial charge in [-0.3, -0.25) is 19.2 Å². The first-order chi connectivity index (χ1) is 55.9. The van der Waals surface area contributed by atoms with Crippen LogP contribution < -0.4 is 28.4 Å². The number of rotatable bonds is 44. The average molecular weight is 1600 g/mol. The average Bonchev–Trinajstić information content (AvgIpc) is 1.41. The number of hydrogen-bond acceptors (Lipinski definition) is 12. The van der Waals surface area contributed by atoms with Crippen LogP contribution in [0.5, 0.6) is 34.5 Å². The normalized spacial score (nSPS) is 29.9. The summed E-state index contributed by atoms with van der Waals surface area (Å²) in [6, 6.07) is 15.0. The SMILES string of the molecule is COc1cc(OC(=O)CCCCCCCCCCC(=O)OC2CC[C@@]3(C)C(CC[C@H]4[C@@H]5CC[C@H]([C@H](C)CCCC(C)C)[C@@]5(C)CC[C@@H]43)C2)cc(OC)c1/C=C/c1ccc(/C=C/c2c(OC)cc(OC(=O)CCCCCCCCCCC(=O)OC3CC[C@@]4(C)C(CC[C@H]5[C@@H]6CC[C@H]([C@H](C)CCCC(C)C)[C@@]6(C)CC[C@@H]54)C3)cc2OC)cc1. The summed E-state index contributed by atoms with van der Waals surface area (Å²) in [4.78, 5) is 52.5. The van der Waals surface area contributed by atoms with Gasteiger partial charge >= 0.3 is 23.9 Å². The van der Waals surface area contributed by atoms with Crippen molar-refractivity contribution in [1.82, 2.24) is 0 Å². The summed E-state index contributed by atoms with van der Waals surface area (Å²) in [6.45, 7) is 25.4. The maximum atomic E-state index is 13.2. The molecule has 8 aliphatic rings. The smallest absolute Gasteiger partial charge is 0.311 e. The quantitative estimate of drug-likeness (QED) is 0.0230. The standard InChI is InChI=1S/C104H158O12/c1-71(2)33-31-35-73(5)87-53-55-89-83-51-47-77-65-79(57-61-101(77,7)91(83)59-63-103(87,89)9)113-97(105)37-27-23-19-15-17-21-25-29-39-99(107)115-81-67-93(109-11)85(94(68-81)110-12)49-45-75-41-43-76(44-42-75)46-50-86-95(111-13)69-82(70-96(86)112-14)116-100(108)40-30-26-22-18-16-20-24-28-38-98(106)114-80-58-62-102(8)78(66-80)48-52-84-90-56-54-88(74(6)36-32-34-72(3)4)104(90,10)64-60-92(84)102/h41-46,49-50,67-74,77-80,83-84,87-92H,15-40,47-48,51-66H2,1-14H3/b49-45+,50-46+/t73-,74-,77?,78?,79?,80?,83+,84+,87-,88-,89+,90+,91+,92+,101+,102+,103-,104-/m1/s1. The van der Waals surface area contributed by atoms with E-state index in [1.807, 2.05) is 48.6 Å². The predicted molar refractivity (Wildman–Crippen MR) is 473 cm³/mol. The summed E-state index contributed by atoms with van der Waals surface area (Å²) in [5.74, 6) is 14.1. The van der Waals surface area contributed by atoms with Crippen LogP contribution in [-0.4, -0.2) is 64.5 Å². The van der Waals surface area contributed by atoms with Crippen LogP contribution in [0.4, 0.5) is 0 Å². The van der Waals surface area contributed by atoms with E-state index >= 15 is 0 Å². The number of carbonyl (C=O) groups is 4. The second kappa shape index (κ2) is 43.1. The molecule has 0 spiro atoms. The van der Waals surface area contributed by atoms with E-state index in [2.05, 4.69) is 69.2 Å². The van der Waals surface area contributed by atoms with Crippen LogP contribution in [0.3, 0.4) is 0 Å². The molecule has 116 heavy (non-hydrogen) atoms. The summed E-state index contributed by atoms with van der Waals surface area (Å²) >= 11 is 0. The van der Waals surface area contributed by atoms with Crippen molar-refractivity contribution in [2.24, 2.45) is 105 Å². The maximum absolute atomic E-state index is 13.2. The molecule has 12 nitrogen and oxygen atoms in total. The van der Waals surface area contributed by atoms with Gasteiger partial charge in [-0.1, -0.05) is 221 Å². The Morgan fingerprint density at radius 3 is 0.991 bits per heavy atom. The van der Waals surface area contributed by atoms with E-state index in [1.54, 1.807) is 52.7 Å². The molecular formula is C104H158O12. The molecule has 12 heteroatoms. The van der Waals surface area contributed by atoms with Gasteiger partial charge in [-0.15, -0.1) is 0 Å². The van der Waals surface area contributed by atoms with Crippen molar-refractivity contribution in [2.75, 3.05) is 28.4 Å². The second-order valence-corrected chi connectivity index (χ2v) is 40.6. The van der Waals surface area contributed by atoms with E-state index in [4.69, 9.17) is 37.9 Å². The van der Waals surface area contributed by atoms with Crippen LogP contribution in [0.15, 0.2) is 48.5 Å². The van der Waals surface area contributed by atoms with Gasteiger partial charge in [-0.05, 0) is 269 Å². The van der Waals surface area contributed by atoms with Crippen LogP contribution in [-0.2, 0) is 28.7 Å². The number of unbranched alkanes of at least 4 members (excludes halogenated alkanes) is 14. The number of carbonyl (C=O) groups excluding carboxylic acids is 4. The van der Waals surface area contributed by atoms with Crippen LogP contribution >= 0.6 is 0 Å². The van der Waals surface area contributed by atoms with Gasteiger partial charge in [0.05, 0.1) is 39.6 Å². The highest BCUT2D eigenvalue weighted by Crippen LogP contribution is 2.71. The monoisotopic (exact) mass is 1600 g/mol. The van der Waals surface area contributed by atoms with Gasteiger partial charge in [-0.25, -0.2) is 0 Å². The molecule has 8 fully saturated rings. The first-order valence-corrected chi connectivity index (χ1v) is 47.7. The minimum atomic E-state index is -0.283. The van der Waals surface area contributed by atoms with Gasteiger partial charge in [0.2, 0.25) is 0 Å². The lowest BCUT2D eigenvalue weighted by molar-refractivity contribution is -0.163. The molecule has 646 valence electrons. The Morgan fingerprint density at radius 2 is 0.664 bits per heavy atom. The van der Waals surface area contributed by atoms with E-state index in [9.17, 15) is 19.2 Å². The number of fused-ring (bicyclic) bond motifs is 10. The van der Waals surface area contributed by atoms with Crippen molar-refractivity contribution >= 4 is 48.2 Å². The minimum Gasteiger partial charge on any atom is -0.496 e. The van der Waals surface area contributed by atoms with Crippen LogP contribution in [0, 0.1) is 105 Å². The Morgan fingerprint density at radius 1 is 0.353 bits per heavy atom. The van der Waals surface area contributed by atoms with Gasteiger partial charge < -0.3 is 37.9 Å². The Bertz CT molecular complexity index is 3380. The molecule has 0 bridgehead atoms. The van der Waals surface area contributed by atoms with Gasteiger partial charge in [-0.2, -0.15) is 0 Å². The van der Waals surface area contributed by atoms with Gasteiger partial charge in [0, 0.05) is 49.9 Å². The van der Waals surface area contributed by atoms with Crippen LogP contribution in [0.2, 0.25) is 0 Å². The largest absolute Gasteiger partial charge is 0.496 e. The Hall–Kier alpha value is -5.78. The highest BCUT2D eigenvalue weighted by atomic mass is 16.6. The first-order valence-electron chi connectivity index (χ1n) is 47.7. The van der Waals surface area contributed by atoms with Crippen molar-refractivity contribution in [3.63, 3.8) is 0 Å². The zero-order chi connectivity index (χ0) is 82.6. The molecule has 4 unspecified atom stereocenters. The summed E-state index contributed by atoms with van der Waals surface area (Å²) in [7, 11) is 6.38. The van der Waals surface area contributed by atoms with Gasteiger partial charge in [0.15, 0.2) is 0 Å². The molecule has 0 radical (unpaired) electrons. The summed E-state index contributed by atoms with van der Waals surface area (Å²) in [5.41, 5.74) is 5.22. The zero-order valence-electron chi connectivity index (χ0n) is 75.2. The fourth-order valence-corrected chi connectivity index (χ4v) is 26.1. The van der Waals surface area contributed by atoms with Gasteiger partial charge in [0.25, 0.3) is 0 Å². The molecule has 11 rings (SSSR count). The summed E-state index contributed by atoms with van der Waals surface area (Å²) < 4.78 is 47.3. The molecule has 0 heterocycles. The Labute approximate surface area is 703 Å². The number of methoxy groups -OCH3 is 4. The third-order valence-electron chi connectivity index (χ3n) is 32.6. The van der Waals surface area contributed by atoms with E-state index in [0.29, 0.717) is 93.7 Å². The lowest BCUT2D eigenvalue weighted by Gasteiger charge is -2.61.